The van der Waals surface area contributed by atoms with Crippen molar-refractivity contribution in [1.82, 2.24) is 5.32 Å². The van der Waals surface area contributed by atoms with Gasteiger partial charge in [-0.3, -0.25) is 0 Å². The number of rotatable bonds is 0. The lowest BCUT2D eigenvalue weighted by atomic mass is 9.73. The molecule has 1 aromatic carbocycles. The van der Waals surface area contributed by atoms with Gasteiger partial charge in [-0.2, -0.15) is 0 Å². The number of hydrogen-bond donors (Lipinski definition) is 2. The predicted molar refractivity (Wildman–Crippen MR) is 61.6 cm³/mol. The van der Waals surface area contributed by atoms with Crippen LogP contribution in [0.25, 0.3) is 0 Å². The molecule has 0 amide bonds. The Labute approximate surface area is 95.0 Å². The Kier molecular flexibility index (Phi) is 2.26. The van der Waals surface area contributed by atoms with Gasteiger partial charge in [-0.15, -0.1) is 0 Å². The van der Waals surface area contributed by atoms with Gasteiger partial charge in [0.15, 0.2) is 0 Å². The lowest BCUT2D eigenvalue weighted by Crippen LogP contribution is -2.42. The first-order valence-corrected chi connectivity index (χ1v) is 5.97. The summed E-state index contributed by atoms with van der Waals surface area (Å²) in [7, 11) is 0. The van der Waals surface area contributed by atoms with Crippen LogP contribution in [0.4, 0.5) is 4.39 Å². The van der Waals surface area contributed by atoms with Crippen molar-refractivity contribution in [1.29, 1.82) is 0 Å². The molecule has 1 saturated heterocycles. The van der Waals surface area contributed by atoms with Crippen LogP contribution >= 0.6 is 0 Å². The van der Waals surface area contributed by atoms with E-state index in [9.17, 15) is 4.39 Å². The van der Waals surface area contributed by atoms with E-state index in [0.717, 1.165) is 43.5 Å². The second-order valence-corrected chi connectivity index (χ2v) is 5.08. The molecule has 3 rings (SSSR count). The SMILES string of the molecule is N[C@H]1c2c(F)cccc2CC12CCNCC2. The van der Waals surface area contributed by atoms with Crippen molar-refractivity contribution in [3.8, 4) is 0 Å². The average Bonchev–Trinajstić information content (AvgIpc) is 2.55. The van der Waals surface area contributed by atoms with Crippen molar-refractivity contribution in [3.05, 3.63) is 35.1 Å². The summed E-state index contributed by atoms with van der Waals surface area (Å²) in [5.41, 5.74) is 8.28. The normalized spacial score (nSPS) is 27.0. The molecule has 86 valence electrons. The van der Waals surface area contributed by atoms with Crippen LogP contribution in [-0.2, 0) is 6.42 Å². The first-order chi connectivity index (χ1) is 7.73. The second kappa shape index (κ2) is 3.54. The molecule has 2 nitrogen and oxygen atoms in total. The summed E-state index contributed by atoms with van der Waals surface area (Å²) in [6.45, 7) is 2.01. The smallest absolute Gasteiger partial charge is 0.128 e. The Morgan fingerprint density at radius 3 is 2.75 bits per heavy atom. The summed E-state index contributed by atoms with van der Waals surface area (Å²) in [6.07, 6.45) is 3.06. The molecule has 1 aliphatic carbocycles. The van der Waals surface area contributed by atoms with Crippen LogP contribution in [0, 0.1) is 11.2 Å². The van der Waals surface area contributed by atoms with Crippen molar-refractivity contribution in [2.24, 2.45) is 11.1 Å². The Balaban J connectivity index is 2.02. The molecule has 1 heterocycles. The number of benzene rings is 1. The fourth-order valence-corrected chi connectivity index (χ4v) is 3.29. The molecule has 1 fully saturated rings. The van der Waals surface area contributed by atoms with E-state index in [-0.39, 0.29) is 17.3 Å². The van der Waals surface area contributed by atoms with Crippen molar-refractivity contribution in [3.63, 3.8) is 0 Å². The molecule has 2 aliphatic rings. The van der Waals surface area contributed by atoms with Gasteiger partial charge in [-0.1, -0.05) is 12.1 Å². The van der Waals surface area contributed by atoms with Gasteiger partial charge in [0, 0.05) is 11.6 Å². The molecule has 0 unspecified atom stereocenters. The summed E-state index contributed by atoms with van der Waals surface area (Å²) in [5.74, 6) is -0.125. The van der Waals surface area contributed by atoms with Gasteiger partial charge < -0.3 is 11.1 Å². The van der Waals surface area contributed by atoms with Gasteiger partial charge in [0.2, 0.25) is 0 Å². The topological polar surface area (TPSA) is 38.0 Å². The fraction of sp³-hybridized carbons (Fsp3) is 0.538. The molecule has 1 aromatic rings. The van der Waals surface area contributed by atoms with Crippen LogP contribution in [0.3, 0.4) is 0 Å². The van der Waals surface area contributed by atoms with Gasteiger partial charge in [0.05, 0.1) is 0 Å². The summed E-state index contributed by atoms with van der Waals surface area (Å²) in [5, 5.41) is 3.35. The van der Waals surface area contributed by atoms with Crippen molar-refractivity contribution in [2.75, 3.05) is 13.1 Å². The minimum atomic E-state index is -0.125. The minimum absolute atomic E-state index is 0.107. The summed E-state index contributed by atoms with van der Waals surface area (Å²) in [6, 6.07) is 5.22. The standard InChI is InChI=1S/C13H17FN2/c14-10-3-1-2-9-8-13(12(15)11(9)10)4-6-16-7-5-13/h1-3,12,16H,4-8,15H2/t12-/m0/s1. The van der Waals surface area contributed by atoms with Crippen LogP contribution in [0.1, 0.15) is 30.0 Å². The zero-order valence-electron chi connectivity index (χ0n) is 9.30. The molecule has 0 radical (unpaired) electrons. The molecule has 1 aliphatic heterocycles. The predicted octanol–water partition coefficient (Wildman–Crippen LogP) is 1.75. The number of piperidine rings is 1. The number of nitrogens with one attached hydrogen (secondary N) is 1. The van der Waals surface area contributed by atoms with Crippen LogP contribution < -0.4 is 11.1 Å². The van der Waals surface area contributed by atoms with E-state index in [2.05, 4.69) is 5.32 Å². The van der Waals surface area contributed by atoms with Gasteiger partial charge >= 0.3 is 0 Å². The Bertz CT molecular complexity index is 410. The number of hydrogen-bond acceptors (Lipinski definition) is 2. The van der Waals surface area contributed by atoms with Crippen LogP contribution in [-0.4, -0.2) is 13.1 Å². The minimum Gasteiger partial charge on any atom is -0.323 e. The van der Waals surface area contributed by atoms with E-state index in [0.29, 0.717) is 0 Å². The zero-order chi connectivity index (χ0) is 11.2. The fourth-order valence-electron chi connectivity index (χ4n) is 3.29. The Morgan fingerprint density at radius 2 is 2.06 bits per heavy atom. The third kappa shape index (κ3) is 1.31. The highest BCUT2D eigenvalue weighted by atomic mass is 19.1. The third-order valence-electron chi connectivity index (χ3n) is 4.26. The lowest BCUT2D eigenvalue weighted by molar-refractivity contribution is 0.172. The monoisotopic (exact) mass is 220 g/mol. The number of halogens is 1. The van der Waals surface area contributed by atoms with Crippen LogP contribution in [0.15, 0.2) is 18.2 Å². The highest BCUT2D eigenvalue weighted by Gasteiger charge is 2.45. The number of fused-ring (bicyclic) bond motifs is 1. The summed E-state index contributed by atoms with van der Waals surface area (Å²) < 4.78 is 13.8. The van der Waals surface area contributed by atoms with Crippen molar-refractivity contribution >= 4 is 0 Å². The first-order valence-electron chi connectivity index (χ1n) is 5.97. The van der Waals surface area contributed by atoms with Crippen LogP contribution in [0.2, 0.25) is 0 Å². The molecule has 1 spiro atoms. The van der Waals surface area contributed by atoms with Crippen LogP contribution in [0.5, 0.6) is 0 Å². The maximum absolute atomic E-state index is 13.8. The quantitative estimate of drug-likeness (QED) is 0.699. The lowest BCUT2D eigenvalue weighted by Gasteiger charge is -2.37. The zero-order valence-corrected chi connectivity index (χ0v) is 9.30. The highest BCUT2D eigenvalue weighted by Crippen LogP contribution is 2.50. The molecule has 0 bridgehead atoms. The molecule has 3 heteroatoms. The Morgan fingerprint density at radius 1 is 1.31 bits per heavy atom. The molecular weight excluding hydrogens is 203 g/mol. The van der Waals surface area contributed by atoms with E-state index in [1.165, 1.54) is 6.07 Å². The maximum Gasteiger partial charge on any atom is 0.128 e. The third-order valence-corrected chi connectivity index (χ3v) is 4.26. The van der Waals surface area contributed by atoms with E-state index >= 15 is 0 Å². The summed E-state index contributed by atoms with van der Waals surface area (Å²) >= 11 is 0. The van der Waals surface area contributed by atoms with E-state index in [4.69, 9.17) is 5.73 Å². The molecule has 3 N–H and O–H groups in total. The number of nitrogens with two attached hydrogens (primary N) is 1. The van der Waals surface area contributed by atoms with Gasteiger partial charge in [0.25, 0.3) is 0 Å². The van der Waals surface area contributed by atoms with Gasteiger partial charge in [-0.25, -0.2) is 4.39 Å². The maximum atomic E-state index is 13.8. The molecule has 0 saturated carbocycles. The van der Waals surface area contributed by atoms with Crippen molar-refractivity contribution < 1.29 is 4.39 Å². The molecular formula is C13H17FN2. The highest BCUT2D eigenvalue weighted by molar-refractivity contribution is 5.39. The van der Waals surface area contributed by atoms with Gasteiger partial charge in [0.1, 0.15) is 5.82 Å². The molecule has 16 heavy (non-hydrogen) atoms. The van der Waals surface area contributed by atoms with E-state index in [1.54, 1.807) is 6.07 Å². The summed E-state index contributed by atoms with van der Waals surface area (Å²) in [4.78, 5) is 0. The van der Waals surface area contributed by atoms with E-state index in [1.807, 2.05) is 6.07 Å². The molecule has 0 aromatic heterocycles. The second-order valence-electron chi connectivity index (χ2n) is 5.08. The largest absolute Gasteiger partial charge is 0.323 e. The Hall–Kier alpha value is -0.930. The van der Waals surface area contributed by atoms with Gasteiger partial charge in [-0.05, 0) is 49.4 Å². The first kappa shape index (κ1) is 10.2. The van der Waals surface area contributed by atoms with E-state index < -0.39 is 0 Å². The van der Waals surface area contributed by atoms with Crippen molar-refractivity contribution in [2.45, 2.75) is 25.3 Å². The average molecular weight is 220 g/mol. The molecule has 1 atom stereocenters.